The molecule has 8 heteroatoms. The average molecular weight is 266 g/mol. The van der Waals surface area contributed by atoms with Crippen molar-refractivity contribution in [1.29, 1.82) is 0 Å². The van der Waals surface area contributed by atoms with Gasteiger partial charge in [-0.1, -0.05) is 11.6 Å². The van der Waals surface area contributed by atoms with Gasteiger partial charge in [0.1, 0.15) is 5.82 Å². The quantitative estimate of drug-likeness (QED) is 0.514. The molecule has 0 amide bonds. The molecule has 5 nitrogen and oxygen atoms in total. The molecular weight excluding hydrogens is 261 g/mol. The normalized spacial score (nSPS) is 10.1. The Morgan fingerprint density at radius 3 is 2.75 bits per heavy atom. The van der Waals surface area contributed by atoms with Crippen molar-refractivity contribution in [3.8, 4) is 0 Å². The number of aliphatic carboxylic acids is 1. The Bertz CT molecular complexity index is 454. The monoisotopic (exact) mass is 265 g/mol. The molecule has 0 radical (unpaired) electrons. The number of benzene rings is 1. The second-order valence-corrected chi connectivity index (χ2v) is 4.10. The van der Waals surface area contributed by atoms with Gasteiger partial charge in [0.15, 0.2) is 0 Å². The van der Waals surface area contributed by atoms with Crippen LogP contribution in [0.2, 0.25) is 5.02 Å². The van der Waals surface area contributed by atoms with Crippen molar-refractivity contribution in [2.24, 2.45) is 0 Å². The number of nitrogens with zero attached hydrogens (tertiary/aromatic N) is 1. The van der Waals surface area contributed by atoms with Gasteiger partial charge in [0, 0.05) is 6.07 Å². The number of carboxylic acids is 1. The standard InChI is InChI=1S/C8H5ClFNO4S/c9-4-1-6(11(14)15)7(2-5(4)10)16-3-8(12)13/h1-2H,3H2,(H,12,13). The summed E-state index contributed by atoms with van der Waals surface area (Å²) >= 11 is 6.05. The topological polar surface area (TPSA) is 80.4 Å². The lowest BCUT2D eigenvalue weighted by Gasteiger charge is -2.02. The van der Waals surface area contributed by atoms with Gasteiger partial charge in [-0.05, 0) is 6.07 Å². The van der Waals surface area contributed by atoms with Crippen molar-refractivity contribution in [1.82, 2.24) is 0 Å². The van der Waals surface area contributed by atoms with Gasteiger partial charge >= 0.3 is 5.97 Å². The Hall–Kier alpha value is -1.34. The Labute approximate surface area is 98.4 Å². The first kappa shape index (κ1) is 12.7. The van der Waals surface area contributed by atoms with Crippen molar-refractivity contribution in [3.05, 3.63) is 33.1 Å². The third-order valence-electron chi connectivity index (χ3n) is 1.55. The smallest absolute Gasteiger partial charge is 0.313 e. The van der Waals surface area contributed by atoms with Crippen LogP contribution < -0.4 is 0 Å². The zero-order valence-electron chi connectivity index (χ0n) is 7.65. The fraction of sp³-hybridized carbons (Fsp3) is 0.125. The van der Waals surface area contributed by atoms with E-state index in [9.17, 15) is 19.3 Å². The van der Waals surface area contributed by atoms with Crippen molar-refractivity contribution >= 4 is 35.0 Å². The lowest BCUT2D eigenvalue weighted by molar-refractivity contribution is -0.387. The molecule has 0 aromatic heterocycles. The SMILES string of the molecule is O=C(O)CSc1cc(F)c(Cl)cc1[N+](=O)[O-]. The minimum absolute atomic E-state index is 0.0608. The molecule has 1 rings (SSSR count). The van der Waals surface area contributed by atoms with E-state index in [1.165, 1.54) is 0 Å². The highest BCUT2D eigenvalue weighted by Gasteiger charge is 2.18. The Morgan fingerprint density at radius 2 is 2.25 bits per heavy atom. The van der Waals surface area contributed by atoms with E-state index in [4.69, 9.17) is 16.7 Å². The molecule has 0 bridgehead atoms. The minimum Gasteiger partial charge on any atom is -0.481 e. The highest BCUT2D eigenvalue weighted by Crippen LogP contribution is 2.33. The van der Waals surface area contributed by atoms with E-state index in [0.717, 1.165) is 12.1 Å². The van der Waals surface area contributed by atoms with Gasteiger partial charge in [-0.25, -0.2) is 4.39 Å². The fourth-order valence-electron chi connectivity index (χ4n) is 0.916. The van der Waals surface area contributed by atoms with E-state index in [1.807, 2.05) is 0 Å². The first-order valence-corrected chi connectivity index (χ1v) is 5.26. The van der Waals surface area contributed by atoms with E-state index in [2.05, 4.69) is 0 Å². The minimum atomic E-state index is -1.14. The molecule has 0 aliphatic rings. The van der Waals surface area contributed by atoms with Gasteiger partial charge < -0.3 is 5.11 Å². The third-order valence-corrected chi connectivity index (χ3v) is 2.87. The molecule has 1 aromatic carbocycles. The molecule has 1 aromatic rings. The summed E-state index contributed by atoms with van der Waals surface area (Å²) < 4.78 is 13.0. The molecule has 0 atom stereocenters. The summed E-state index contributed by atoms with van der Waals surface area (Å²) in [5, 5.41) is 18.6. The molecule has 0 saturated carbocycles. The second kappa shape index (κ2) is 5.13. The van der Waals surface area contributed by atoms with Gasteiger partial charge in [0.05, 0.1) is 20.6 Å². The van der Waals surface area contributed by atoms with Crippen LogP contribution in [0.4, 0.5) is 10.1 Å². The van der Waals surface area contributed by atoms with Crippen molar-refractivity contribution < 1.29 is 19.2 Å². The Morgan fingerprint density at radius 1 is 1.62 bits per heavy atom. The third kappa shape index (κ3) is 3.07. The summed E-state index contributed by atoms with van der Waals surface area (Å²) in [6.45, 7) is 0. The maximum absolute atomic E-state index is 13.0. The maximum Gasteiger partial charge on any atom is 0.313 e. The van der Waals surface area contributed by atoms with Gasteiger partial charge in [0.2, 0.25) is 0 Å². The van der Waals surface area contributed by atoms with E-state index in [0.29, 0.717) is 11.8 Å². The molecule has 0 aliphatic carbocycles. The fourth-order valence-corrected chi connectivity index (χ4v) is 1.82. The number of carboxylic acid groups (broad SMARTS) is 1. The lowest BCUT2D eigenvalue weighted by Crippen LogP contribution is -1.99. The average Bonchev–Trinajstić information content (AvgIpc) is 2.18. The van der Waals surface area contributed by atoms with Crippen molar-refractivity contribution in [3.63, 3.8) is 0 Å². The summed E-state index contributed by atoms with van der Waals surface area (Å²) in [6.07, 6.45) is 0. The predicted molar refractivity (Wildman–Crippen MR) is 56.4 cm³/mol. The number of rotatable bonds is 4. The number of carbonyl (C=O) groups is 1. The molecule has 0 saturated heterocycles. The van der Waals surface area contributed by atoms with Crippen LogP contribution in [-0.2, 0) is 4.79 Å². The molecule has 0 fully saturated rings. The molecule has 16 heavy (non-hydrogen) atoms. The maximum atomic E-state index is 13.0. The molecule has 1 N–H and O–H groups in total. The second-order valence-electron chi connectivity index (χ2n) is 2.67. The molecule has 0 unspecified atom stereocenters. The van der Waals surface area contributed by atoms with Crippen LogP contribution in [0.3, 0.4) is 0 Å². The first-order chi connectivity index (χ1) is 7.41. The number of hydrogen-bond donors (Lipinski definition) is 1. The van der Waals surface area contributed by atoms with E-state index >= 15 is 0 Å². The van der Waals surface area contributed by atoms with Crippen LogP contribution in [0.5, 0.6) is 0 Å². The summed E-state index contributed by atoms with van der Waals surface area (Å²) in [5.74, 6) is -2.35. The van der Waals surface area contributed by atoms with Crippen LogP contribution in [0.25, 0.3) is 0 Å². The summed E-state index contributed by atoms with van der Waals surface area (Å²) in [4.78, 5) is 20.1. The zero-order chi connectivity index (χ0) is 12.3. The van der Waals surface area contributed by atoms with Crippen LogP contribution in [0, 0.1) is 15.9 Å². The molecular formula is C8H5ClFNO4S. The number of hydrogen-bond acceptors (Lipinski definition) is 4. The van der Waals surface area contributed by atoms with E-state index in [-0.39, 0.29) is 15.7 Å². The number of thioether (sulfide) groups is 1. The largest absolute Gasteiger partial charge is 0.481 e. The van der Waals surface area contributed by atoms with Crippen LogP contribution in [0.15, 0.2) is 17.0 Å². The zero-order valence-corrected chi connectivity index (χ0v) is 9.22. The van der Waals surface area contributed by atoms with Crippen molar-refractivity contribution in [2.45, 2.75) is 4.90 Å². The van der Waals surface area contributed by atoms with Gasteiger partial charge in [-0.3, -0.25) is 14.9 Å². The van der Waals surface area contributed by atoms with Crippen LogP contribution >= 0.6 is 23.4 Å². The van der Waals surface area contributed by atoms with Crippen LogP contribution in [-0.4, -0.2) is 21.8 Å². The molecule has 0 heterocycles. The van der Waals surface area contributed by atoms with E-state index < -0.39 is 22.4 Å². The van der Waals surface area contributed by atoms with Crippen LogP contribution in [0.1, 0.15) is 0 Å². The summed E-state index contributed by atoms with van der Waals surface area (Å²) in [7, 11) is 0. The number of nitro groups is 1. The number of nitro benzene ring substituents is 1. The predicted octanol–water partition coefficient (Wildman–Crippen LogP) is 2.56. The first-order valence-electron chi connectivity index (χ1n) is 3.90. The highest BCUT2D eigenvalue weighted by molar-refractivity contribution is 8.00. The molecule has 86 valence electrons. The van der Waals surface area contributed by atoms with Gasteiger partial charge in [0.25, 0.3) is 5.69 Å². The lowest BCUT2D eigenvalue weighted by atomic mass is 10.3. The van der Waals surface area contributed by atoms with E-state index in [1.54, 1.807) is 0 Å². The van der Waals surface area contributed by atoms with Crippen molar-refractivity contribution in [2.75, 3.05) is 5.75 Å². The van der Waals surface area contributed by atoms with Gasteiger partial charge in [-0.2, -0.15) is 0 Å². The summed E-state index contributed by atoms with van der Waals surface area (Å²) in [5.41, 5.74) is -0.405. The highest BCUT2D eigenvalue weighted by atomic mass is 35.5. The Kier molecular flexibility index (Phi) is 4.08. The molecule has 0 spiro atoms. The van der Waals surface area contributed by atoms with Gasteiger partial charge in [-0.15, -0.1) is 11.8 Å². The Balaban J connectivity index is 3.09. The summed E-state index contributed by atoms with van der Waals surface area (Å²) in [6, 6.07) is 1.72. The molecule has 0 aliphatic heterocycles. The number of halogens is 2.